The molecule has 64 valence electrons. The van der Waals surface area contributed by atoms with Crippen LogP contribution in [0.25, 0.3) is 0 Å². The number of H-pyrrole nitrogens is 1. The van der Waals surface area contributed by atoms with Gasteiger partial charge in [0.1, 0.15) is 5.69 Å². The topological polar surface area (TPSA) is 70.2 Å². The summed E-state index contributed by atoms with van der Waals surface area (Å²) in [6, 6.07) is 0. The van der Waals surface area contributed by atoms with E-state index in [1.54, 1.807) is 6.92 Å². The first-order valence-electron chi connectivity index (χ1n) is 3.46. The van der Waals surface area contributed by atoms with Crippen molar-refractivity contribution in [1.82, 2.24) is 4.98 Å². The summed E-state index contributed by atoms with van der Waals surface area (Å²) in [4.78, 5) is 24.4. The molecule has 0 saturated carbocycles. The molecular weight excluding hydrogens is 158 g/mol. The molecule has 0 fully saturated rings. The maximum atomic E-state index is 11.1. The summed E-state index contributed by atoms with van der Waals surface area (Å²) in [7, 11) is 0. The highest BCUT2D eigenvalue weighted by Crippen LogP contribution is 2.08. The molecule has 1 heterocycles. The van der Waals surface area contributed by atoms with Crippen LogP contribution in [0.2, 0.25) is 0 Å². The zero-order chi connectivity index (χ0) is 9.30. The Labute approximate surface area is 68.9 Å². The second-order valence-electron chi connectivity index (χ2n) is 2.58. The molecule has 0 amide bonds. The van der Waals surface area contributed by atoms with Crippen LogP contribution in [-0.2, 0) is 0 Å². The Balaban J connectivity index is 3.47. The SMILES string of the molecule is CC(=O)c1[nH]cc(C)c(=O)c1O. The number of nitrogens with one attached hydrogen (secondary N) is 1. The molecule has 0 radical (unpaired) electrons. The number of carbonyl (C=O) groups excluding carboxylic acids is 1. The van der Waals surface area contributed by atoms with Gasteiger partial charge in [-0.2, -0.15) is 0 Å². The Hall–Kier alpha value is -1.58. The first-order chi connectivity index (χ1) is 5.54. The van der Waals surface area contributed by atoms with Crippen LogP contribution in [0, 0.1) is 6.92 Å². The quantitative estimate of drug-likeness (QED) is 0.601. The molecular formula is C8H9NO3. The number of Topliss-reactive ketones (excluding diaryl/α,β-unsaturated/α-hetero) is 1. The van der Waals surface area contributed by atoms with Crippen molar-refractivity contribution >= 4 is 5.78 Å². The molecule has 4 heteroatoms. The molecule has 1 aromatic rings. The largest absolute Gasteiger partial charge is 0.503 e. The highest BCUT2D eigenvalue weighted by atomic mass is 16.3. The molecule has 0 unspecified atom stereocenters. The molecule has 2 N–H and O–H groups in total. The smallest absolute Gasteiger partial charge is 0.226 e. The second kappa shape index (κ2) is 2.81. The van der Waals surface area contributed by atoms with E-state index in [-0.39, 0.29) is 11.5 Å². The van der Waals surface area contributed by atoms with Crippen molar-refractivity contribution in [2.75, 3.05) is 0 Å². The fourth-order valence-electron chi connectivity index (χ4n) is 0.883. The molecule has 0 bridgehead atoms. The highest BCUT2D eigenvalue weighted by Gasteiger charge is 2.10. The second-order valence-corrected chi connectivity index (χ2v) is 2.58. The number of hydrogen-bond donors (Lipinski definition) is 2. The maximum Gasteiger partial charge on any atom is 0.226 e. The monoisotopic (exact) mass is 167 g/mol. The lowest BCUT2D eigenvalue weighted by Crippen LogP contribution is -2.10. The number of carbonyl (C=O) groups is 1. The Bertz CT molecular complexity index is 378. The summed E-state index contributed by atoms with van der Waals surface area (Å²) in [6.07, 6.45) is 1.40. The van der Waals surface area contributed by atoms with Gasteiger partial charge in [0, 0.05) is 18.7 Å². The first kappa shape index (κ1) is 8.52. The average Bonchev–Trinajstić information content (AvgIpc) is 2.00. The number of aromatic amines is 1. The lowest BCUT2D eigenvalue weighted by atomic mass is 10.2. The number of pyridine rings is 1. The van der Waals surface area contributed by atoms with E-state index in [1.807, 2.05) is 0 Å². The third-order valence-electron chi connectivity index (χ3n) is 1.60. The predicted octanol–water partition coefficient (Wildman–Crippen LogP) is 0.592. The number of aryl methyl sites for hydroxylation is 1. The van der Waals surface area contributed by atoms with Gasteiger partial charge in [0.25, 0.3) is 0 Å². The van der Waals surface area contributed by atoms with Crippen LogP contribution >= 0.6 is 0 Å². The van der Waals surface area contributed by atoms with Gasteiger partial charge in [-0.25, -0.2) is 0 Å². The van der Waals surface area contributed by atoms with Crippen molar-refractivity contribution in [3.8, 4) is 5.75 Å². The number of aromatic nitrogens is 1. The number of aromatic hydroxyl groups is 1. The molecule has 0 aliphatic carbocycles. The first-order valence-corrected chi connectivity index (χ1v) is 3.46. The van der Waals surface area contributed by atoms with Gasteiger partial charge < -0.3 is 10.1 Å². The molecule has 12 heavy (non-hydrogen) atoms. The summed E-state index contributed by atoms with van der Waals surface area (Å²) in [5.41, 5.74) is -0.151. The van der Waals surface area contributed by atoms with Crippen LogP contribution in [0.5, 0.6) is 5.75 Å². The molecule has 0 aromatic carbocycles. The van der Waals surface area contributed by atoms with Gasteiger partial charge in [0.2, 0.25) is 5.43 Å². The molecule has 1 aromatic heterocycles. The van der Waals surface area contributed by atoms with Crippen molar-refractivity contribution in [2.45, 2.75) is 13.8 Å². The third kappa shape index (κ3) is 1.23. The van der Waals surface area contributed by atoms with E-state index >= 15 is 0 Å². The fraction of sp³-hybridized carbons (Fsp3) is 0.250. The third-order valence-corrected chi connectivity index (χ3v) is 1.60. The summed E-state index contributed by atoms with van der Waals surface area (Å²) in [5.74, 6) is -0.855. The Morgan fingerprint density at radius 1 is 1.58 bits per heavy atom. The van der Waals surface area contributed by atoms with Crippen molar-refractivity contribution < 1.29 is 9.90 Å². The van der Waals surface area contributed by atoms with Crippen molar-refractivity contribution in [3.05, 3.63) is 27.7 Å². The number of ketones is 1. The molecule has 1 rings (SSSR count). The zero-order valence-electron chi connectivity index (χ0n) is 6.84. The summed E-state index contributed by atoms with van der Waals surface area (Å²) < 4.78 is 0. The van der Waals surface area contributed by atoms with Crippen molar-refractivity contribution in [3.63, 3.8) is 0 Å². The number of hydrogen-bond acceptors (Lipinski definition) is 3. The van der Waals surface area contributed by atoms with Gasteiger partial charge in [-0.1, -0.05) is 0 Å². The Kier molecular flexibility index (Phi) is 1.99. The van der Waals surface area contributed by atoms with E-state index < -0.39 is 11.2 Å². The molecule has 0 saturated heterocycles. The van der Waals surface area contributed by atoms with E-state index in [1.165, 1.54) is 13.1 Å². The van der Waals surface area contributed by atoms with Crippen LogP contribution in [0.3, 0.4) is 0 Å². The van der Waals surface area contributed by atoms with Gasteiger partial charge in [0.05, 0.1) is 0 Å². The highest BCUT2D eigenvalue weighted by molar-refractivity contribution is 5.94. The fourth-order valence-corrected chi connectivity index (χ4v) is 0.883. The normalized spacial score (nSPS) is 9.83. The standard InChI is InChI=1S/C8H9NO3/c1-4-3-9-6(5(2)10)8(12)7(4)11/h3,12H,1-2H3,(H,9,11). The summed E-state index contributed by atoms with van der Waals surface area (Å²) in [6.45, 7) is 2.84. The van der Waals surface area contributed by atoms with Crippen LogP contribution in [-0.4, -0.2) is 15.9 Å². The van der Waals surface area contributed by atoms with E-state index in [9.17, 15) is 14.7 Å². The maximum absolute atomic E-state index is 11.1. The minimum atomic E-state index is -0.501. The van der Waals surface area contributed by atoms with Crippen LogP contribution in [0.1, 0.15) is 23.0 Å². The van der Waals surface area contributed by atoms with E-state index in [0.717, 1.165) is 0 Å². The van der Waals surface area contributed by atoms with E-state index in [0.29, 0.717) is 5.56 Å². The lowest BCUT2D eigenvalue weighted by molar-refractivity contribution is 0.101. The Morgan fingerprint density at radius 3 is 2.67 bits per heavy atom. The molecule has 0 atom stereocenters. The minimum absolute atomic E-state index is 0.0365. The van der Waals surface area contributed by atoms with Crippen LogP contribution < -0.4 is 5.43 Å². The summed E-state index contributed by atoms with van der Waals surface area (Å²) in [5, 5.41) is 9.18. The van der Waals surface area contributed by atoms with Gasteiger partial charge >= 0.3 is 0 Å². The summed E-state index contributed by atoms with van der Waals surface area (Å²) >= 11 is 0. The van der Waals surface area contributed by atoms with Gasteiger partial charge in [-0.3, -0.25) is 9.59 Å². The Morgan fingerprint density at radius 2 is 2.17 bits per heavy atom. The lowest BCUT2D eigenvalue weighted by Gasteiger charge is -1.99. The van der Waals surface area contributed by atoms with Crippen molar-refractivity contribution in [1.29, 1.82) is 0 Å². The average molecular weight is 167 g/mol. The van der Waals surface area contributed by atoms with E-state index in [2.05, 4.69) is 4.98 Å². The van der Waals surface area contributed by atoms with E-state index in [4.69, 9.17) is 0 Å². The predicted molar refractivity (Wildman–Crippen MR) is 43.5 cm³/mol. The zero-order valence-corrected chi connectivity index (χ0v) is 6.84. The van der Waals surface area contributed by atoms with Crippen LogP contribution in [0.4, 0.5) is 0 Å². The minimum Gasteiger partial charge on any atom is -0.503 e. The molecule has 0 aliphatic rings. The van der Waals surface area contributed by atoms with Crippen LogP contribution in [0.15, 0.2) is 11.0 Å². The van der Waals surface area contributed by atoms with Gasteiger partial charge in [0.15, 0.2) is 11.5 Å². The van der Waals surface area contributed by atoms with Gasteiger partial charge in [-0.15, -0.1) is 0 Å². The molecule has 0 aliphatic heterocycles. The van der Waals surface area contributed by atoms with Gasteiger partial charge in [-0.05, 0) is 6.92 Å². The molecule has 0 spiro atoms. The molecule has 4 nitrogen and oxygen atoms in total. The van der Waals surface area contributed by atoms with Crippen molar-refractivity contribution in [2.24, 2.45) is 0 Å². The number of rotatable bonds is 1.